The lowest BCUT2D eigenvalue weighted by atomic mass is 9.90. The highest BCUT2D eigenvalue weighted by atomic mass is 79.9. The van der Waals surface area contributed by atoms with E-state index in [9.17, 15) is 10.1 Å². The Labute approximate surface area is 132 Å². The van der Waals surface area contributed by atoms with E-state index in [-0.39, 0.29) is 5.78 Å². The number of rotatable bonds is 4. The second-order valence-corrected chi connectivity index (χ2v) is 5.59. The van der Waals surface area contributed by atoms with Crippen LogP contribution in [0.25, 0.3) is 0 Å². The maximum atomic E-state index is 12.6. The third-order valence-electron chi connectivity index (χ3n) is 3.22. The number of nitriles is 1. The number of halogens is 1. The number of ketones is 1. The van der Waals surface area contributed by atoms with Gasteiger partial charge in [-0.25, -0.2) is 0 Å². The quantitative estimate of drug-likeness (QED) is 0.779. The summed E-state index contributed by atoms with van der Waals surface area (Å²) in [6, 6.07) is 14.6. The van der Waals surface area contributed by atoms with Gasteiger partial charge in [0.2, 0.25) is 0 Å². The molecule has 2 rings (SSSR count). The van der Waals surface area contributed by atoms with E-state index in [1.807, 2.05) is 19.1 Å². The summed E-state index contributed by atoms with van der Waals surface area (Å²) in [5, 5.41) is 9.44. The summed E-state index contributed by atoms with van der Waals surface area (Å²) < 4.78 is 6.17. The Morgan fingerprint density at radius 2 is 1.90 bits per heavy atom. The molecule has 21 heavy (non-hydrogen) atoms. The van der Waals surface area contributed by atoms with Crippen LogP contribution < -0.4 is 4.74 Å². The van der Waals surface area contributed by atoms with Gasteiger partial charge < -0.3 is 4.74 Å². The highest BCUT2D eigenvalue weighted by Gasteiger charge is 2.25. The number of nitrogens with zero attached hydrogens (tertiary/aromatic N) is 1. The fourth-order valence-corrected chi connectivity index (χ4v) is 2.39. The predicted octanol–water partition coefficient (Wildman–Crippen LogP) is 4.26. The lowest BCUT2D eigenvalue weighted by Crippen LogP contribution is -2.12. The third kappa shape index (κ3) is 3.32. The number of benzene rings is 2. The molecule has 0 aliphatic heterocycles. The molecule has 1 unspecified atom stereocenters. The van der Waals surface area contributed by atoms with Crippen LogP contribution in [0.1, 0.15) is 27.4 Å². The molecule has 0 bridgehead atoms. The molecule has 0 N–H and O–H groups in total. The molecule has 0 spiro atoms. The van der Waals surface area contributed by atoms with Crippen LogP contribution in [0, 0.1) is 18.3 Å². The highest BCUT2D eigenvalue weighted by molar-refractivity contribution is 9.10. The van der Waals surface area contributed by atoms with E-state index in [2.05, 4.69) is 22.0 Å². The fraction of sp³-hybridized carbons (Fsp3) is 0.176. The maximum absolute atomic E-state index is 12.6. The molecule has 0 radical (unpaired) electrons. The van der Waals surface area contributed by atoms with E-state index in [1.54, 1.807) is 30.3 Å². The zero-order chi connectivity index (χ0) is 15.4. The monoisotopic (exact) mass is 343 g/mol. The van der Waals surface area contributed by atoms with Gasteiger partial charge in [0.05, 0.1) is 13.2 Å². The van der Waals surface area contributed by atoms with Gasteiger partial charge in [0.25, 0.3) is 0 Å². The molecule has 3 nitrogen and oxygen atoms in total. The van der Waals surface area contributed by atoms with Crippen molar-refractivity contribution < 1.29 is 9.53 Å². The fourth-order valence-electron chi connectivity index (χ4n) is 2.13. The molecule has 1 atom stereocenters. The minimum Gasteiger partial charge on any atom is -0.496 e. The van der Waals surface area contributed by atoms with Crippen molar-refractivity contribution in [3.63, 3.8) is 0 Å². The zero-order valence-corrected chi connectivity index (χ0v) is 13.3. The van der Waals surface area contributed by atoms with Crippen molar-refractivity contribution in [3.8, 4) is 11.8 Å². The van der Waals surface area contributed by atoms with Gasteiger partial charge in [-0.1, -0.05) is 45.8 Å². The summed E-state index contributed by atoms with van der Waals surface area (Å²) in [6.45, 7) is 1.92. The van der Waals surface area contributed by atoms with Crippen molar-refractivity contribution in [1.82, 2.24) is 0 Å². The van der Waals surface area contributed by atoms with Crippen molar-refractivity contribution in [1.29, 1.82) is 5.26 Å². The molecular formula is C17H14BrNO2. The first-order valence-electron chi connectivity index (χ1n) is 6.40. The molecular weight excluding hydrogens is 330 g/mol. The summed E-state index contributed by atoms with van der Waals surface area (Å²) in [5.74, 6) is -0.549. The molecule has 0 aliphatic rings. The van der Waals surface area contributed by atoms with Crippen LogP contribution >= 0.6 is 15.9 Å². The van der Waals surface area contributed by atoms with Crippen LogP contribution in [0.4, 0.5) is 0 Å². The van der Waals surface area contributed by atoms with E-state index in [0.29, 0.717) is 16.9 Å². The van der Waals surface area contributed by atoms with Gasteiger partial charge in [-0.2, -0.15) is 5.26 Å². The normalized spacial score (nSPS) is 11.5. The lowest BCUT2D eigenvalue weighted by molar-refractivity contribution is 0.0978. The Hall–Kier alpha value is -2.12. The molecule has 0 fully saturated rings. The van der Waals surface area contributed by atoms with Gasteiger partial charge in [0, 0.05) is 15.6 Å². The average Bonchev–Trinajstić information content (AvgIpc) is 2.49. The van der Waals surface area contributed by atoms with Crippen molar-refractivity contribution in [2.75, 3.05) is 7.11 Å². The summed E-state index contributed by atoms with van der Waals surface area (Å²) in [4.78, 5) is 12.6. The maximum Gasteiger partial charge on any atom is 0.184 e. The molecule has 0 aliphatic carbocycles. The Bertz CT molecular complexity index is 702. The van der Waals surface area contributed by atoms with E-state index in [1.165, 1.54) is 7.11 Å². The first-order valence-corrected chi connectivity index (χ1v) is 7.20. The van der Waals surface area contributed by atoms with E-state index in [0.717, 1.165) is 10.0 Å². The van der Waals surface area contributed by atoms with Crippen molar-refractivity contribution in [3.05, 3.63) is 63.6 Å². The van der Waals surface area contributed by atoms with E-state index in [4.69, 9.17) is 4.74 Å². The first-order chi connectivity index (χ1) is 10.1. The Morgan fingerprint density at radius 3 is 2.48 bits per heavy atom. The Morgan fingerprint density at radius 1 is 1.24 bits per heavy atom. The van der Waals surface area contributed by atoms with Crippen LogP contribution in [0.15, 0.2) is 46.9 Å². The third-order valence-corrected chi connectivity index (χ3v) is 3.74. The van der Waals surface area contributed by atoms with Crippen LogP contribution in [-0.2, 0) is 0 Å². The van der Waals surface area contributed by atoms with Gasteiger partial charge in [-0.3, -0.25) is 4.79 Å². The lowest BCUT2D eigenvalue weighted by Gasteiger charge is -2.14. The number of hydrogen-bond acceptors (Lipinski definition) is 3. The number of hydrogen-bond donors (Lipinski definition) is 0. The summed E-state index contributed by atoms with van der Waals surface area (Å²) in [5.41, 5.74) is 2.09. The summed E-state index contributed by atoms with van der Waals surface area (Å²) in [7, 11) is 1.53. The second-order valence-electron chi connectivity index (χ2n) is 4.68. The molecule has 2 aromatic rings. The zero-order valence-electron chi connectivity index (χ0n) is 11.8. The highest BCUT2D eigenvalue weighted by Crippen LogP contribution is 2.30. The van der Waals surface area contributed by atoms with Gasteiger partial charge in [0.1, 0.15) is 11.7 Å². The van der Waals surface area contributed by atoms with Crippen molar-refractivity contribution in [2.24, 2.45) is 0 Å². The average molecular weight is 344 g/mol. The molecule has 106 valence electrons. The van der Waals surface area contributed by atoms with Gasteiger partial charge in [-0.05, 0) is 25.1 Å². The minimum absolute atomic E-state index is 0.228. The first kappa shape index (κ1) is 15.3. The number of Topliss-reactive ketones (excluding diaryl/α,β-unsaturated/α-hetero) is 1. The molecule has 0 aromatic heterocycles. The van der Waals surface area contributed by atoms with Crippen molar-refractivity contribution in [2.45, 2.75) is 12.8 Å². The second kappa shape index (κ2) is 6.55. The standard InChI is InChI=1S/C17H14BrNO2/c1-11-3-8-16(21-2)14(9-11)15(10-19)17(20)12-4-6-13(18)7-5-12/h3-9,15H,1-2H3. The van der Waals surface area contributed by atoms with Crippen LogP contribution in [-0.4, -0.2) is 12.9 Å². The van der Waals surface area contributed by atoms with E-state index >= 15 is 0 Å². The number of carbonyl (C=O) groups is 1. The number of ether oxygens (including phenoxy) is 1. The van der Waals surface area contributed by atoms with Crippen LogP contribution in [0.2, 0.25) is 0 Å². The van der Waals surface area contributed by atoms with Crippen molar-refractivity contribution >= 4 is 21.7 Å². The smallest absolute Gasteiger partial charge is 0.184 e. The van der Waals surface area contributed by atoms with Gasteiger partial charge in [0.15, 0.2) is 5.78 Å². The summed E-state index contributed by atoms with van der Waals surface area (Å²) >= 11 is 3.33. The molecule has 0 heterocycles. The topological polar surface area (TPSA) is 50.1 Å². The number of carbonyl (C=O) groups excluding carboxylic acids is 1. The van der Waals surface area contributed by atoms with Gasteiger partial charge >= 0.3 is 0 Å². The minimum atomic E-state index is -0.874. The number of methoxy groups -OCH3 is 1. The largest absolute Gasteiger partial charge is 0.496 e. The number of aryl methyl sites for hydroxylation is 1. The molecule has 2 aromatic carbocycles. The van der Waals surface area contributed by atoms with Gasteiger partial charge in [-0.15, -0.1) is 0 Å². The molecule has 0 amide bonds. The Balaban J connectivity index is 2.45. The molecule has 0 saturated heterocycles. The van der Waals surface area contributed by atoms with Crippen LogP contribution in [0.5, 0.6) is 5.75 Å². The van der Waals surface area contributed by atoms with Crippen LogP contribution in [0.3, 0.4) is 0 Å². The molecule has 0 saturated carbocycles. The SMILES string of the molecule is COc1ccc(C)cc1C(C#N)C(=O)c1ccc(Br)cc1. The Kier molecular flexibility index (Phi) is 4.77. The van der Waals surface area contributed by atoms with E-state index < -0.39 is 5.92 Å². The molecule has 4 heteroatoms. The summed E-state index contributed by atoms with van der Waals surface area (Å²) in [6.07, 6.45) is 0. The predicted molar refractivity (Wildman–Crippen MR) is 84.6 cm³/mol.